The van der Waals surface area contributed by atoms with Gasteiger partial charge >= 0.3 is 12.0 Å². The molecular formula is C21H22N2O4. The molecule has 0 radical (unpaired) electrons. The van der Waals surface area contributed by atoms with E-state index >= 15 is 0 Å². The highest BCUT2D eigenvalue weighted by Gasteiger charge is 2.38. The standard InChI is InChI=1S/C21H22N2O4/c1-4-27-20(24)17-18(15-12-8-9-13-16(15)26-3)22-21(25)23(2)19(17)14-10-6-5-7-11-14/h5-13,18H,4H2,1-3H3,(H,22,25)/t18-/m0/s1. The SMILES string of the molecule is CCOC(=O)C1=C(c2ccccc2)N(C)C(=O)N[C@H]1c1ccccc1OC. The molecule has 0 aromatic heterocycles. The van der Waals surface area contributed by atoms with Crippen molar-refractivity contribution in [3.8, 4) is 5.75 Å². The molecule has 2 aromatic rings. The van der Waals surface area contributed by atoms with Crippen molar-refractivity contribution in [3.05, 3.63) is 71.3 Å². The molecule has 2 amide bonds. The predicted molar refractivity (Wildman–Crippen MR) is 102 cm³/mol. The second-order valence-corrected chi connectivity index (χ2v) is 6.03. The lowest BCUT2D eigenvalue weighted by Gasteiger charge is -2.35. The Hall–Kier alpha value is -3.28. The van der Waals surface area contributed by atoms with Gasteiger partial charge in [0.25, 0.3) is 0 Å². The summed E-state index contributed by atoms with van der Waals surface area (Å²) < 4.78 is 10.8. The Bertz CT molecular complexity index is 877. The molecule has 1 N–H and O–H groups in total. The Morgan fingerprint density at radius 3 is 2.44 bits per heavy atom. The van der Waals surface area contributed by atoms with E-state index in [1.807, 2.05) is 48.5 Å². The van der Waals surface area contributed by atoms with E-state index < -0.39 is 12.0 Å². The summed E-state index contributed by atoms with van der Waals surface area (Å²) in [6, 6.07) is 15.7. The second-order valence-electron chi connectivity index (χ2n) is 6.03. The first kappa shape index (κ1) is 18.5. The van der Waals surface area contributed by atoms with E-state index in [0.717, 1.165) is 5.56 Å². The molecule has 6 heteroatoms. The third-order valence-electron chi connectivity index (χ3n) is 4.44. The molecule has 0 bridgehead atoms. The van der Waals surface area contributed by atoms with Crippen molar-refractivity contribution in [3.63, 3.8) is 0 Å². The number of amides is 2. The van der Waals surface area contributed by atoms with Gasteiger partial charge in [0, 0.05) is 12.6 Å². The van der Waals surface area contributed by atoms with Gasteiger partial charge in [0.1, 0.15) is 5.75 Å². The maximum atomic E-state index is 12.9. The zero-order valence-electron chi connectivity index (χ0n) is 15.6. The summed E-state index contributed by atoms with van der Waals surface area (Å²) in [6.07, 6.45) is 0. The third kappa shape index (κ3) is 3.51. The van der Waals surface area contributed by atoms with E-state index in [1.54, 1.807) is 27.1 Å². The first-order chi connectivity index (χ1) is 13.1. The zero-order chi connectivity index (χ0) is 19.4. The van der Waals surface area contributed by atoms with Crippen LogP contribution in [0.25, 0.3) is 5.70 Å². The van der Waals surface area contributed by atoms with Gasteiger partial charge in [-0.05, 0) is 18.6 Å². The monoisotopic (exact) mass is 366 g/mol. The van der Waals surface area contributed by atoms with Crippen molar-refractivity contribution in [2.24, 2.45) is 0 Å². The van der Waals surface area contributed by atoms with Crippen LogP contribution in [0.1, 0.15) is 24.1 Å². The summed E-state index contributed by atoms with van der Waals surface area (Å²) in [4.78, 5) is 27.0. The van der Waals surface area contributed by atoms with Crippen LogP contribution in [0.3, 0.4) is 0 Å². The average molecular weight is 366 g/mol. The fraction of sp³-hybridized carbons (Fsp3) is 0.238. The quantitative estimate of drug-likeness (QED) is 0.824. The average Bonchev–Trinajstić information content (AvgIpc) is 2.70. The molecule has 1 heterocycles. The normalized spacial score (nSPS) is 16.8. The Balaban J connectivity index is 2.27. The van der Waals surface area contributed by atoms with Crippen molar-refractivity contribution in [2.75, 3.05) is 20.8 Å². The van der Waals surface area contributed by atoms with Gasteiger partial charge < -0.3 is 14.8 Å². The maximum absolute atomic E-state index is 12.9. The van der Waals surface area contributed by atoms with E-state index in [4.69, 9.17) is 9.47 Å². The van der Waals surface area contributed by atoms with E-state index in [0.29, 0.717) is 22.6 Å². The van der Waals surface area contributed by atoms with Gasteiger partial charge in [-0.3, -0.25) is 4.90 Å². The third-order valence-corrected chi connectivity index (χ3v) is 4.44. The zero-order valence-corrected chi connectivity index (χ0v) is 15.6. The minimum Gasteiger partial charge on any atom is -0.496 e. The molecule has 0 aliphatic carbocycles. The van der Waals surface area contributed by atoms with Gasteiger partial charge in [0.05, 0.1) is 31.0 Å². The maximum Gasteiger partial charge on any atom is 0.338 e. The Morgan fingerprint density at radius 1 is 1.11 bits per heavy atom. The van der Waals surface area contributed by atoms with E-state index in [1.165, 1.54) is 4.90 Å². The number of nitrogens with zero attached hydrogens (tertiary/aromatic N) is 1. The second kappa shape index (κ2) is 7.95. The summed E-state index contributed by atoms with van der Waals surface area (Å²) in [5, 5.41) is 2.89. The summed E-state index contributed by atoms with van der Waals surface area (Å²) in [7, 11) is 3.19. The van der Waals surface area contributed by atoms with Crippen molar-refractivity contribution < 1.29 is 19.1 Å². The topological polar surface area (TPSA) is 67.9 Å². The van der Waals surface area contributed by atoms with Crippen LogP contribution < -0.4 is 10.1 Å². The van der Waals surface area contributed by atoms with Crippen molar-refractivity contribution in [2.45, 2.75) is 13.0 Å². The van der Waals surface area contributed by atoms with Crippen molar-refractivity contribution in [1.29, 1.82) is 0 Å². The van der Waals surface area contributed by atoms with Crippen LogP contribution in [0.5, 0.6) is 5.75 Å². The predicted octanol–water partition coefficient (Wildman–Crippen LogP) is 3.37. The fourth-order valence-corrected chi connectivity index (χ4v) is 3.22. The molecule has 2 aromatic carbocycles. The van der Waals surface area contributed by atoms with Gasteiger partial charge in [0.15, 0.2) is 0 Å². The Labute approximate surface area is 158 Å². The van der Waals surface area contributed by atoms with Gasteiger partial charge in [-0.1, -0.05) is 48.5 Å². The molecule has 0 unspecified atom stereocenters. The largest absolute Gasteiger partial charge is 0.496 e. The number of urea groups is 1. The van der Waals surface area contributed by atoms with Gasteiger partial charge in [-0.2, -0.15) is 0 Å². The minimum atomic E-state index is -0.681. The number of carbonyl (C=O) groups excluding carboxylic acids is 2. The minimum absolute atomic E-state index is 0.237. The molecule has 0 fully saturated rings. The molecule has 1 aliphatic rings. The van der Waals surface area contributed by atoms with Crippen LogP contribution in [0.4, 0.5) is 4.79 Å². The Kier molecular flexibility index (Phi) is 5.45. The molecule has 140 valence electrons. The number of hydrogen-bond donors (Lipinski definition) is 1. The number of methoxy groups -OCH3 is 1. The Morgan fingerprint density at radius 2 is 1.78 bits per heavy atom. The molecule has 0 spiro atoms. The smallest absolute Gasteiger partial charge is 0.338 e. The van der Waals surface area contributed by atoms with Gasteiger partial charge in [0.2, 0.25) is 0 Å². The molecular weight excluding hydrogens is 344 g/mol. The van der Waals surface area contributed by atoms with Crippen LogP contribution in [-0.4, -0.2) is 37.7 Å². The lowest BCUT2D eigenvalue weighted by atomic mass is 9.91. The first-order valence-corrected chi connectivity index (χ1v) is 8.72. The summed E-state index contributed by atoms with van der Waals surface area (Å²) in [6.45, 7) is 1.99. The van der Waals surface area contributed by atoms with Crippen molar-refractivity contribution in [1.82, 2.24) is 10.2 Å². The highest BCUT2D eigenvalue weighted by Crippen LogP contribution is 2.38. The highest BCUT2D eigenvalue weighted by atomic mass is 16.5. The number of rotatable bonds is 5. The number of ether oxygens (including phenoxy) is 2. The summed E-state index contributed by atoms with van der Waals surface area (Å²) in [5.41, 5.74) is 2.35. The summed E-state index contributed by atoms with van der Waals surface area (Å²) >= 11 is 0. The van der Waals surface area contributed by atoms with Gasteiger partial charge in [-0.15, -0.1) is 0 Å². The molecule has 1 aliphatic heterocycles. The number of hydrogen-bond acceptors (Lipinski definition) is 4. The number of nitrogens with one attached hydrogen (secondary N) is 1. The lowest BCUT2D eigenvalue weighted by Crippen LogP contribution is -2.46. The molecule has 27 heavy (non-hydrogen) atoms. The highest BCUT2D eigenvalue weighted by molar-refractivity contribution is 6.04. The van der Waals surface area contributed by atoms with Crippen LogP contribution in [0.15, 0.2) is 60.2 Å². The number of para-hydroxylation sites is 1. The molecule has 1 atom stereocenters. The van der Waals surface area contributed by atoms with Gasteiger partial charge in [-0.25, -0.2) is 9.59 Å². The molecule has 0 saturated carbocycles. The number of carbonyl (C=O) groups is 2. The number of esters is 1. The van der Waals surface area contributed by atoms with Crippen LogP contribution in [0, 0.1) is 0 Å². The first-order valence-electron chi connectivity index (χ1n) is 8.72. The molecule has 0 saturated heterocycles. The van der Waals surface area contributed by atoms with E-state index in [9.17, 15) is 9.59 Å². The fourth-order valence-electron chi connectivity index (χ4n) is 3.22. The molecule has 3 rings (SSSR count). The van der Waals surface area contributed by atoms with E-state index in [2.05, 4.69) is 5.32 Å². The van der Waals surface area contributed by atoms with Crippen molar-refractivity contribution >= 4 is 17.7 Å². The lowest BCUT2D eigenvalue weighted by molar-refractivity contribution is -0.138. The number of benzene rings is 2. The van der Waals surface area contributed by atoms with Crippen LogP contribution >= 0.6 is 0 Å². The summed E-state index contributed by atoms with van der Waals surface area (Å²) in [5.74, 6) is 0.112. The molecule has 6 nitrogen and oxygen atoms in total. The van der Waals surface area contributed by atoms with E-state index in [-0.39, 0.29) is 12.6 Å². The van der Waals surface area contributed by atoms with Crippen LogP contribution in [0.2, 0.25) is 0 Å². The van der Waals surface area contributed by atoms with Crippen LogP contribution in [-0.2, 0) is 9.53 Å².